The van der Waals surface area contributed by atoms with E-state index in [9.17, 15) is 4.79 Å². The fourth-order valence-electron chi connectivity index (χ4n) is 4.85. The molecular weight excluding hydrogens is 402 g/mol. The maximum absolute atomic E-state index is 13.2. The van der Waals surface area contributed by atoms with E-state index in [1.165, 1.54) is 56.3 Å². The van der Waals surface area contributed by atoms with Gasteiger partial charge in [-0.15, -0.1) is 11.8 Å². The Kier molecular flexibility index (Phi) is 7.54. The highest BCUT2D eigenvalue weighted by molar-refractivity contribution is 8.00. The van der Waals surface area contributed by atoms with Crippen molar-refractivity contribution in [3.63, 3.8) is 0 Å². The highest BCUT2D eigenvalue weighted by Gasteiger charge is 2.24. The van der Waals surface area contributed by atoms with Gasteiger partial charge in [-0.1, -0.05) is 38.7 Å². The van der Waals surface area contributed by atoms with Crippen LogP contribution in [0.15, 0.2) is 41.3 Å². The average Bonchev–Trinajstić information content (AvgIpc) is 3.28. The summed E-state index contributed by atoms with van der Waals surface area (Å²) in [6, 6.07) is 12.2. The van der Waals surface area contributed by atoms with Gasteiger partial charge < -0.3 is 10.2 Å². The summed E-state index contributed by atoms with van der Waals surface area (Å²) in [6.45, 7) is 6.22. The van der Waals surface area contributed by atoms with E-state index >= 15 is 0 Å². The zero-order valence-corrected chi connectivity index (χ0v) is 19.7. The van der Waals surface area contributed by atoms with Crippen LogP contribution in [0.4, 0.5) is 11.5 Å². The van der Waals surface area contributed by atoms with Crippen molar-refractivity contribution in [2.24, 2.45) is 5.92 Å². The molecule has 1 aliphatic carbocycles. The Morgan fingerprint density at radius 1 is 1.13 bits per heavy atom. The molecule has 2 aliphatic rings. The second-order valence-electron chi connectivity index (χ2n) is 9.05. The van der Waals surface area contributed by atoms with Crippen molar-refractivity contribution in [3.8, 4) is 0 Å². The summed E-state index contributed by atoms with van der Waals surface area (Å²) in [5, 5.41) is 3.85. The van der Waals surface area contributed by atoms with Crippen molar-refractivity contribution in [1.82, 2.24) is 4.98 Å². The van der Waals surface area contributed by atoms with Gasteiger partial charge in [-0.05, 0) is 68.9 Å². The molecule has 1 aliphatic heterocycles. The molecule has 2 heterocycles. The van der Waals surface area contributed by atoms with Gasteiger partial charge in [0.05, 0.1) is 5.56 Å². The maximum atomic E-state index is 13.2. The maximum Gasteiger partial charge on any atom is 0.259 e. The number of rotatable bonds is 7. The standard InChI is InChI=1S/C26H35N3OS/c1-3-7-20-14-16-29(17-15-20)25-24(13-12-19(2)27-25)26(30)28-21-8-6-11-23(18-21)31-22-9-4-5-10-22/h6,8,11-13,18,20,22H,3-5,7,9-10,14-17H2,1-2H3,(H,28,30). The molecule has 0 atom stereocenters. The number of piperidine rings is 1. The Morgan fingerprint density at radius 2 is 1.90 bits per heavy atom. The van der Waals surface area contributed by atoms with Gasteiger partial charge in [0.25, 0.3) is 5.91 Å². The van der Waals surface area contributed by atoms with Crippen molar-refractivity contribution in [2.75, 3.05) is 23.3 Å². The van der Waals surface area contributed by atoms with E-state index in [0.717, 1.165) is 41.5 Å². The molecule has 0 radical (unpaired) electrons. The normalized spacial score (nSPS) is 17.8. The van der Waals surface area contributed by atoms with Crippen molar-refractivity contribution >= 4 is 29.2 Å². The summed E-state index contributed by atoms with van der Waals surface area (Å²) >= 11 is 1.95. The summed E-state index contributed by atoms with van der Waals surface area (Å²) < 4.78 is 0. The van der Waals surface area contributed by atoms with Crippen molar-refractivity contribution in [3.05, 3.63) is 47.7 Å². The fraction of sp³-hybridized carbons (Fsp3) is 0.538. The minimum atomic E-state index is -0.0683. The summed E-state index contributed by atoms with van der Waals surface area (Å²) in [4.78, 5) is 21.6. The lowest BCUT2D eigenvalue weighted by Crippen LogP contribution is -2.35. The molecule has 0 unspecified atom stereocenters. The van der Waals surface area contributed by atoms with Gasteiger partial charge in [0, 0.05) is 34.6 Å². The molecule has 1 aromatic heterocycles. The number of pyridine rings is 1. The number of benzene rings is 1. The smallest absolute Gasteiger partial charge is 0.259 e. The summed E-state index contributed by atoms with van der Waals surface area (Å²) in [6.07, 6.45) is 10.2. The lowest BCUT2D eigenvalue weighted by Gasteiger charge is -2.33. The lowest BCUT2D eigenvalue weighted by molar-refractivity contribution is 0.102. The third-order valence-corrected chi connectivity index (χ3v) is 7.90. The summed E-state index contributed by atoms with van der Waals surface area (Å²) in [7, 11) is 0. The van der Waals surface area contributed by atoms with E-state index in [0.29, 0.717) is 5.56 Å². The Bertz CT molecular complexity index is 886. The number of anilines is 2. The van der Waals surface area contributed by atoms with Crippen LogP contribution in [0.25, 0.3) is 0 Å². The van der Waals surface area contributed by atoms with Crippen molar-refractivity contribution < 1.29 is 4.79 Å². The molecule has 1 aromatic carbocycles. The summed E-state index contributed by atoms with van der Waals surface area (Å²) in [5.74, 6) is 1.58. The first-order valence-electron chi connectivity index (χ1n) is 11.9. The molecule has 2 aromatic rings. The van der Waals surface area contributed by atoms with Crippen LogP contribution in [0.1, 0.15) is 74.3 Å². The van der Waals surface area contributed by atoms with E-state index in [2.05, 4.69) is 29.3 Å². The van der Waals surface area contributed by atoms with Crippen LogP contribution in [-0.2, 0) is 0 Å². The molecule has 4 rings (SSSR count). The quantitative estimate of drug-likeness (QED) is 0.524. The van der Waals surface area contributed by atoms with E-state index in [-0.39, 0.29) is 5.91 Å². The average molecular weight is 438 g/mol. The second kappa shape index (κ2) is 10.5. The predicted octanol–water partition coefficient (Wildman–Crippen LogP) is 6.69. The number of amides is 1. The number of aryl methyl sites for hydroxylation is 1. The minimum absolute atomic E-state index is 0.0683. The van der Waals surface area contributed by atoms with Crippen LogP contribution >= 0.6 is 11.8 Å². The highest BCUT2D eigenvalue weighted by Crippen LogP contribution is 2.35. The monoisotopic (exact) mass is 437 g/mol. The number of nitrogens with zero attached hydrogens (tertiary/aromatic N) is 2. The molecule has 31 heavy (non-hydrogen) atoms. The number of thioether (sulfide) groups is 1. The molecular formula is C26H35N3OS. The molecule has 0 bridgehead atoms. The molecule has 0 spiro atoms. The first-order valence-corrected chi connectivity index (χ1v) is 12.8. The molecule has 1 amide bonds. The number of carbonyl (C=O) groups excluding carboxylic acids is 1. The largest absolute Gasteiger partial charge is 0.356 e. The minimum Gasteiger partial charge on any atom is -0.356 e. The number of aromatic nitrogens is 1. The van der Waals surface area contributed by atoms with Crippen molar-refractivity contribution in [2.45, 2.75) is 75.4 Å². The molecule has 166 valence electrons. The molecule has 1 saturated carbocycles. The Morgan fingerprint density at radius 3 is 2.65 bits per heavy atom. The van der Waals surface area contributed by atoms with Gasteiger partial charge in [-0.25, -0.2) is 4.98 Å². The topological polar surface area (TPSA) is 45.2 Å². The molecule has 1 N–H and O–H groups in total. The van der Waals surface area contributed by atoms with Gasteiger partial charge in [0.2, 0.25) is 0 Å². The molecule has 1 saturated heterocycles. The first-order chi connectivity index (χ1) is 15.1. The van der Waals surface area contributed by atoms with Crippen LogP contribution in [-0.4, -0.2) is 29.2 Å². The van der Waals surface area contributed by atoms with Crippen LogP contribution in [0, 0.1) is 12.8 Å². The lowest BCUT2D eigenvalue weighted by atomic mass is 9.92. The van der Waals surface area contributed by atoms with Gasteiger partial charge in [-0.3, -0.25) is 4.79 Å². The van der Waals surface area contributed by atoms with Gasteiger partial charge >= 0.3 is 0 Å². The van der Waals surface area contributed by atoms with Crippen molar-refractivity contribution in [1.29, 1.82) is 0 Å². The van der Waals surface area contributed by atoms with Gasteiger partial charge in [0.1, 0.15) is 5.82 Å². The number of hydrogen-bond donors (Lipinski definition) is 1. The Hall–Kier alpha value is -2.01. The third-order valence-electron chi connectivity index (χ3n) is 6.57. The Labute approximate surface area is 191 Å². The third kappa shape index (κ3) is 5.82. The fourth-order valence-corrected chi connectivity index (χ4v) is 6.15. The van der Waals surface area contributed by atoms with E-state index in [1.807, 2.05) is 43.0 Å². The van der Waals surface area contributed by atoms with E-state index < -0.39 is 0 Å². The van der Waals surface area contributed by atoms with E-state index in [4.69, 9.17) is 4.98 Å². The molecule has 4 nitrogen and oxygen atoms in total. The number of nitrogens with one attached hydrogen (secondary N) is 1. The van der Waals surface area contributed by atoms with Crippen LogP contribution < -0.4 is 10.2 Å². The summed E-state index contributed by atoms with van der Waals surface area (Å²) in [5.41, 5.74) is 2.49. The van der Waals surface area contributed by atoms with E-state index in [1.54, 1.807) is 0 Å². The molecule has 2 fully saturated rings. The number of carbonyl (C=O) groups is 1. The second-order valence-corrected chi connectivity index (χ2v) is 10.4. The number of hydrogen-bond acceptors (Lipinski definition) is 4. The highest BCUT2D eigenvalue weighted by atomic mass is 32.2. The SMILES string of the molecule is CCCC1CCN(c2nc(C)ccc2C(=O)Nc2cccc(SC3CCCC3)c2)CC1. The molecule has 5 heteroatoms. The Balaban J connectivity index is 1.46. The zero-order valence-electron chi connectivity index (χ0n) is 18.9. The zero-order chi connectivity index (χ0) is 21.6. The van der Waals surface area contributed by atoms with Crippen LogP contribution in [0.2, 0.25) is 0 Å². The van der Waals surface area contributed by atoms with Crippen LogP contribution in [0.5, 0.6) is 0 Å². The predicted molar refractivity (Wildman–Crippen MR) is 131 cm³/mol. The van der Waals surface area contributed by atoms with Crippen LogP contribution in [0.3, 0.4) is 0 Å². The van der Waals surface area contributed by atoms with Gasteiger partial charge in [0.15, 0.2) is 0 Å². The first kappa shape index (κ1) is 22.2. The van der Waals surface area contributed by atoms with Gasteiger partial charge in [-0.2, -0.15) is 0 Å².